The highest BCUT2D eigenvalue weighted by Crippen LogP contribution is 2.34. The second kappa shape index (κ2) is 5.57. The molecule has 19 heavy (non-hydrogen) atoms. The van der Waals surface area contributed by atoms with E-state index in [4.69, 9.17) is 14.6 Å². The third-order valence-corrected chi connectivity index (χ3v) is 2.39. The number of aliphatic hydroxyl groups excluding tert-OH is 1. The Morgan fingerprint density at radius 2 is 2.05 bits per heavy atom. The highest BCUT2D eigenvalue weighted by molar-refractivity contribution is 6.39. The molecule has 0 aliphatic carbocycles. The first-order chi connectivity index (χ1) is 9.06. The van der Waals surface area contributed by atoms with E-state index < -0.39 is 17.9 Å². The highest BCUT2D eigenvalue weighted by Gasteiger charge is 2.17. The summed E-state index contributed by atoms with van der Waals surface area (Å²) in [4.78, 5) is 22.9. The van der Waals surface area contributed by atoms with Crippen LogP contribution in [0.5, 0.6) is 11.5 Å². The van der Waals surface area contributed by atoms with Crippen LogP contribution < -0.4 is 20.1 Å². The smallest absolute Gasteiger partial charge is 0.313 e. The van der Waals surface area contributed by atoms with E-state index in [0.717, 1.165) is 0 Å². The van der Waals surface area contributed by atoms with Crippen LogP contribution in [0.2, 0.25) is 0 Å². The maximum atomic E-state index is 11.5. The summed E-state index contributed by atoms with van der Waals surface area (Å²) in [6.07, 6.45) is -0.706. The number of ether oxygens (including phenoxy) is 2. The lowest BCUT2D eigenvalue weighted by Gasteiger charge is -2.08. The molecule has 1 atom stereocenters. The van der Waals surface area contributed by atoms with Gasteiger partial charge in [0.1, 0.15) is 0 Å². The monoisotopic (exact) mass is 266 g/mol. The number of carbonyl (C=O) groups excluding carboxylic acids is 2. The molecule has 1 heterocycles. The van der Waals surface area contributed by atoms with Crippen molar-refractivity contribution in [1.82, 2.24) is 5.32 Å². The largest absolute Gasteiger partial charge is 0.454 e. The van der Waals surface area contributed by atoms with E-state index in [9.17, 15) is 9.59 Å². The van der Waals surface area contributed by atoms with Gasteiger partial charge in [-0.15, -0.1) is 0 Å². The number of anilines is 1. The number of hydrogen-bond donors (Lipinski definition) is 3. The van der Waals surface area contributed by atoms with Crippen molar-refractivity contribution >= 4 is 17.5 Å². The first-order valence-corrected chi connectivity index (χ1v) is 5.73. The average Bonchev–Trinajstić information content (AvgIpc) is 2.83. The van der Waals surface area contributed by atoms with E-state index in [1.54, 1.807) is 18.2 Å². The van der Waals surface area contributed by atoms with Crippen LogP contribution in [0.3, 0.4) is 0 Å². The summed E-state index contributed by atoms with van der Waals surface area (Å²) in [7, 11) is 0. The quantitative estimate of drug-likeness (QED) is 0.661. The molecule has 0 bridgehead atoms. The highest BCUT2D eigenvalue weighted by atomic mass is 16.7. The van der Waals surface area contributed by atoms with E-state index in [1.165, 1.54) is 6.92 Å². The van der Waals surface area contributed by atoms with Crippen molar-refractivity contribution in [1.29, 1.82) is 0 Å². The minimum Gasteiger partial charge on any atom is -0.454 e. The molecule has 7 nitrogen and oxygen atoms in total. The van der Waals surface area contributed by atoms with Gasteiger partial charge in [-0.3, -0.25) is 9.59 Å². The molecular weight excluding hydrogens is 252 g/mol. The number of hydrogen-bond acceptors (Lipinski definition) is 5. The minimum absolute atomic E-state index is 0.0212. The number of benzene rings is 1. The average molecular weight is 266 g/mol. The van der Waals surface area contributed by atoms with Crippen molar-refractivity contribution in [3.05, 3.63) is 18.2 Å². The summed E-state index contributed by atoms with van der Waals surface area (Å²) >= 11 is 0. The van der Waals surface area contributed by atoms with Crippen LogP contribution in [0.4, 0.5) is 5.69 Å². The van der Waals surface area contributed by atoms with Gasteiger partial charge < -0.3 is 25.2 Å². The van der Waals surface area contributed by atoms with Crippen molar-refractivity contribution < 1.29 is 24.2 Å². The van der Waals surface area contributed by atoms with Gasteiger partial charge in [-0.05, 0) is 19.1 Å². The van der Waals surface area contributed by atoms with E-state index in [2.05, 4.69) is 10.6 Å². The third-order valence-electron chi connectivity index (χ3n) is 2.39. The second-order valence-corrected chi connectivity index (χ2v) is 4.08. The van der Waals surface area contributed by atoms with Gasteiger partial charge in [0.25, 0.3) is 0 Å². The predicted octanol–water partition coefficient (Wildman–Crippen LogP) is -0.149. The zero-order valence-corrected chi connectivity index (χ0v) is 10.3. The Kier molecular flexibility index (Phi) is 3.86. The molecule has 0 radical (unpaired) electrons. The molecule has 102 valence electrons. The van der Waals surface area contributed by atoms with Gasteiger partial charge in [-0.1, -0.05) is 0 Å². The molecule has 0 saturated carbocycles. The van der Waals surface area contributed by atoms with E-state index in [1.807, 2.05) is 0 Å². The molecule has 1 aromatic rings. The van der Waals surface area contributed by atoms with Crippen LogP contribution in [-0.2, 0) is 9.59 Å². The summed E-state index contributed by atoms with van der Waals surface area (Å²) in [5, 5.41) is 13.7. The fourth-order valence-electron chi connectivity index (χ4n) is 1.48. The van der Waals surface area contributed by atoms with Crippen molar-refractivity contribution in [2.45, 2.75) is 13.0 Å². The lowest BCUT2D eigenvalue weighted by atomic mass is 10.2. The molecule has 0 fully saturated rings. The van der Waals surface area contributed by atoms with Crippen LogP contribution in [-0.4, -0.2) is 36.4 Å². The Hall–Kier alpha value is -2.28. The summed E-state index contributed by atoms with van der Waals surface area (Å²) in [6, 6.07) is 4.82. The van der Waals surface area contributed by atoms with Gasteiger partial charge in [0.05, 0.1) is 6.10 Å². The Labute approximate surface area is 109 Å². The first kappa shape index (κ1) is 13.2. The molecule has 7 heteroatoms. The Morgan fingerprint density at radius 3 is 2.79 bits per heavy atom. The molecular formula is C12H14N2O5. The Bertz CT molecular complexity index is 501. The molecule has 3 N–H and O–H groups in total. The maximum absolute atomic E-state index is 11.5. The summed E-state index contributed by atoms with van der Waals surface area (Å²) in [5.74, 6) is -0.503. The van der Waals surface area contributed by atoms with Gasteiger partial charge in [0, 0.05) is 18.3 Å². The van der Waals surface area contributed by atoms with Crippen molar-refractivity contribution in [3.63, 3.8) is 0 Å². The summed E-state index contributed by atoms with van der Waals surface area (Å²) in [5.41, 5.74) is 0.432. The lowest BCUT2D eigenvalue weighted by Crippen LogP contribution is -2.38. The Morgan fingerprint density at radius 1 is 1.32 bits per heavy atom. The van der Waals surface area contributed by atoms with Gasteiger partial charge in [-0.25, -0.2) is 0 Å². The van der Waals surface area contributed by atoms with E-state index in [0.29, 0.717) is 17.2 Å². The third kappa shape index (κ3) is 3.35. The number of fused-ring (bicyclic) bond motifs is 1. The zero-order valence-electron chi connectivity index (χ0n) is 10.3. The molecule has 0 saturated heterocycles. The first-order valence-electron chi connectivity index (χ1n) is 5.73. The molecule has 0 aromatic heterocycles. The van der Waals surface area contributed by atoms with Crippen LogP contribution in [0.25, 0.3) is 0 Å². The van der Waals surface area contributed by atoms with E-state index >= 15 is 0 Å². The second-order valence-electron chi connectivity index (χ2n) is 4.08. The van der Waals surface area contributed by atoms with Crippen LogP contribution in [0.1, 0.15) is 6.92 Å². The molecule has 0 spiro atoms. The molecule has 1 aromatic carbocycles. The van der Waals surface area contributed by atoms with Gasteiger partial charge in [0.15, 0.2) is 11.5 Å². The SMILES string of the molecule is C[C@@H](O)CNC(=O)C(=O)Nc1ccc2c(c1)OCO2. The molecule has 1 aliphatic heterocycles. The Balaban J connectivity index is 1.93. The van der Waals surface area contributed by atoms with Gasteiger partial charge in [0.2, 0.25) is 6.79 Å². The number of nitrogens with one attached hydrogen (secondary N) is 2. The van der Waals surface area contributed by atoms with Gasteiger partial charge >= 0.3 is 11.8 Å². The minimum atomic E-state index is -0.807. The molecule has 2 amide bonds. The number of aliphatic hydroxyl groups is 1. The molecule has 2 rings (SSSR count). The van der Waals surface area contributed by atoms with Gasteiger partial charge in [-0.2, -0.15) is 0 Å². The van der Waals surface area contributed by atoms with Crippen LogP contribution in [0, 0.1) is 0 Å². The fourth-order valence-corrected chi connectivity index (χ4v) is 1.48. The lowest BCUT2D eigenvalue weighted by molar-refractivity contribution is -0.136. The van der Waals surface area contributed by atoms with Crippen molar-refractivity contribution in [2.24, 2.45) is 0 Å². The number of amides is 2. The maximum Gasteiger partial charge on any atom is 0.313 e. The van der Waals surface area contributed by atoms with Crippen molar-refractivity contribution in [3.8, 4) is 11.5 Å². The topological polar surface area (TPSA) is 96.9 Å². The summed E-state index contributed by atoms with van der Waals surface area (Å²) < 4.78 is 10.3. The zero-order chi connectivity index (χ0) is 13.8. The standard InChI is InChI=1S/C12H14N2O5/c1-7(15)5-13-11(16)12(17)14-8-2-3-9-10(4-8)19-6-18-9/h2-4,7,15H,5-6H2,1H3,(H,13,16)(H,14,17)/t7-/m1/s1. The van der Waals surface area contributed by atoms with Crippen molar-refractivity contribution in [2.75, 3.05) is 18.7 Å². The van der Waals surface area contributed by atoms with Crippen LogP contribution >= 0.6 is 0 Å². The van der Waals surface area contributed by atoms with Crippen LogP contribution in [0.15, 0.2) is 18.2 Å². The number of carbonyl (C=O) groups is 2. The van der Waals surface area contributed by atoms with E-state index in [-0.39, 0.29) is 13.3 Å². The fraction of sp³-hybridized carbons (Fsp3) is 0.333. The molecule has 0 unspecified atom stereocenters. The predicted molar refractivity (Wildman–Crippen MR) is 65.9 cm³/mol. The number of rotatable bonds is 3. The normalized spacial score (nSPS) is 13.8. The molecule has 1 aliphatic rings. The summed E-state index contributed by atoms with van der Waals surface area (Å²) in [6.45, 7) is 1.67.